The van der Waals surface area contributed by atoms with Crippen molar-refractivity contribution >= 4 is 21.9 Å². The molecule has 21 heavy (non-hydrogen) atoms. The third kappa shape index (κ3) is 2.03. The Morgan fingerprint density at radius 1 is 0.857 bits per heavy atom. The topological polar surface area (TPSA) is 38.3 Å². The minimum absolute atomic E-state index is 0.733. The van der Waals surface area contributed by atoms with E-state index in [1.54, 1.807) is 0 Å². The number of rotatable bonds is 3. The van der Waals surface area contributed by atoms with Crippen LogP contribution in [0.4, 0.5) is 0 Å². The van der Waals surface area contributed by atoms with Gasteiger partial charge in [0.25, 0.3) is 0 Å². The molecule has 0 unspecified atom stereocenters. The fraction of sp³-hybridized carbons (Fsp3) is 0.111. The molecule has 2 aromatic heterocycles. The van der Waals surface area contributed by atoms with Crippen LogP contribution < -0.4 is 5.32 Å². The average Bonchev–Trinajstić information content (AvgIpc) is 3.11. The second-order valence-corrected chi connectivity index (χ2v) is 5.11. The molecule has 104 valence electrons. The van der Waals surface area contributed by atoms with E-state index in [1.807, 2.05) is 49.5 Å². The number of benzene rings is 2. The van der Waals surface area contributed by atoms with Gasteiger partial charge < -0.3 is 14.2 Å². The fourth-order valence-corrected chi connectivity index (χ4v) is 2.68. The summed E-state index contributed by atoms with van der Waals surface area (Å²) in [5.41, 5.74) is 2.89. The normalized spacial score (nSPS) is 11.5. The molecule has 3 heteroatoms. The molecule has 0 saturated heterocycles. The lowest BCUT2D eigenvalue weighted by Gasteiger charge is -1.98. The summed E-state index contributed by atoms with van der Waals surface area (Å²) < 4.78 is 11.7. The Labute approximate surface area is 122 Å². The predicted molar refractivity (Wildman–Crippen MR) is 84.2 cm³/mol. The SMILES string of the molecule is CNCc1ccc(-c2ccc3oc4ccccc4c3c2)o1. The van der Waals surface area contributed by atoms with Crippen LogP contribution in [0, 0.1) is 0 Å². The Bertz CT molecular complexity index is 917. The highest BCUT2D eigenvalue weighted by Crippen LogP contribution is 2.32. The summed E-state index contributed by atoms with van der Waals surface area (Å²) in [6, 6.07) is 18.3. The van der Waals surface area contributed by atoms with E-state index in [-0.39, 0.29) is 0 Å². The second kappa shape index (κ2) is 4.79. The van der Waals surface area contributed by atoms with Crippen molar-refractivity contribution in [3.05, 3.63) is 60.4 Å². The maximum Gasteiger partial charge on any atom is 0.135 e. The van der Waals surface area contributed by atoms with Crippen LogP contribution in [-0.4, -0.2) is 7.05 Å². The van der Waals surface area contributed by atoms with Crippen molar-refractivity contribution in [1.82, 2.24) is 5.32 Å². The molecular weight excluding hydrogens is 262 g/mol. The summed E-state index contributed by atoms with van der Waals surface area (Å²) in [6.45, 7) is 0.733. The van der Waals surface area contributed by atoms with E-state index in [0.717, 1.165) is 45.6 Å². The average molecular weight is 277 g/mol. The van der Waals surface area contributed by atoms with Crippen LogP contribution in [0.25, 0.3) is 33.3 Å². The Morgan fingerprint density at radius 2 is 1.71 bits per heavy atom. The zero-order valence-corrected chi connectivity index (χ0v) is 11.7. The van der Waals surface area contributed by atoms with Crippen LogP contribution in [0.5, 0.6) is 0 Å². The van der Waals surface area contributed by atoms with Gasteiger partial charge in [-0.15, -0.1) is 0 Å². The van der Waals surface area contributed by atoms with Gasteiger partial charge in [0.05, 0.1) is 6.54 Å². The zero-order valence-electron chi connectivity index (χ0n) is 11.7. The molecule has 3 nitrogen and oxygen atoms in total. The molecule has 2 aromatic carbocycles. The van der Waals surface area contributed by atoms with Crippen molar-refractivity contribution in [2.75, 3.05) is 7.05 Å². The van der Waals surface area contributed by atoms with Gasteiger partial charge in [-0.05, 0) is 43.4 Å². The maximum atomic E-state index is 5.85. The lowest BCUT2D eigenvalue weighted by Crippen LogP contribution is -2.03. The second-order valence-electron chi connectivity index (χ2n) is 5.11. The van der Waals surface area contributed by atoms with E-state index in [2.05, 4.69) is 17.4 Å². The first-order valence-corrected chi connectivity index (χ1v) is 7.00. The smallest absolute Gasteiger partial charge is 0.135 e. The Kier molecular flexibility index (Phi) is 2.79. The molecule has 0 fully saturated rings. The summed E-state index contributed by atoms with van der Waals surface area (Å²) in [6.07, 6.45) is 0. The first kappa shape index (κ1) is 12.2. The van der Waals surface area contributed by atoms with Crippen LogP contribution >= 0.6 is 0 Å². The zero-order chi connectivity index (χ0) is 14.2. The highest BCUT2D eigenvalue weighted by Gasteiger charge is 2.10. The molecule has 0 radical (unpaired) electrons. The van der Waals surface area contributed by atoms with E-state index < -0.39 is 0 Å². The molecule has 0 amide bonds. The molecule has 4 rings (SSSR count). The van der Waals surface area contributed by atoms with Crippen molar-refractivity contribution in [3.8, 4) is 11.3 Å². The first-order chi connectivity index (χ1) is 10.3. The van der Waals surface area contributed by atoms with Crippen molar-refractivity contribution in [3.63, 3.8) is 0 Å². The third-order valence-corrected chi connectivity index (χ3v) is 3.67. The molecule has 0 aliphatic rings. The van der Waals surface area contributed by atoms with Crippen LogP contribution in [0.1, 0.15) is 5.76 Å². The summed E-state index contributed by atoms with van der Waals surface area (Å²) in [5, 5.41) is 5.35. The largest absolute Gasteiger partial charge is 0.460 e. The molecular formula is C18H15NO2. The number of nitrogens with one attached hydrogen (secondary N) is 1. The molecule has 2 heterocycles. The Balaban J connectivity index is 1.87. The molecule has 4 aromatic rings. The number of fused-ring (bicyclic) bond motifs is 3. The van der Waals surface area contributed by atoms with Gasteiger partial charge in [0, 0.05) is 16.3 Å². The highest BCUT2D eigenvalue weighted by atomic mass is 16.3. The Hall–Kier alpha value is -2.52. The molecule has 0 spiro atoms. The third-order valence-electron chi connectivity index (χ3n) is 3.67. The highest BCUT2D eigenvalue weighted by molar-refractivity contribution is 6.06. The van der Waals surface area contributed by atoms with Gasteiger partial charge in [-0.3, -0.25) is 0 Å². The van der Waals surface area contributed by atoms with Crippen LogP contribution in [-0.2, 0) is 6.54 Å². The summed E-state index contributed by atoms with van der Waals surface area (Å²) >= 11 is 0. The van der Waals surface area contributed by atoms with Gasteiger partial charge in [0.15, 0.2) is 0 Å². The lowest BCUT2D eigenvalue weighted by molar-refractivity contribution is 0.507. The van der Waals surface area contributed by atoms with E-state index in [0.29, 0.717) is 0 Å². The lowest BCUT2D eigenvalue weighted by atomic mass is 10.1. The van der Waals surface area contributed by atoms with Gasteiger partial charge in [0.2, 0.25) is 0 Å². The van der Waals surface area contributed by atoms with Crippen LogP contribution in [0.15, 0.2) is 63.4 Å². The van der Waals surface area contributed by atoms with E-state index in [4.69, 9.17) is 8.83 Å². The van der Waals surface area contributed by atoms with Crippen LogP contribution in [0.3, 0.4) is 0 Å². The van der Waals surface area contributed by atoms with Crippen molar-refractivity contribution in [1.29, 1.82) is 0 Å². The quantitative estimate of drug-likeness (QED) is 0.596. The molecule has 0 bridgehead atoms. The molecule has 0 atom stereocenters. The van der Waals surface area contributed by atoms with Gasteiger partial charge in [-0.1, -0.05) is 18.2 Å². The molecule has 0 saturated carbocycles. The van der Waals surface area contributed by atoms with Crippen LogP contribution in [0.2, 0.25) is 0 Å². The minimum Gasteiger partial charge on any atom is -0.460 e. The first-order valence-electron chi connectivity index (χ1n) is 7.00. The Morgan fingerprint density at radius 3 is 2.62 bits per heavy atom. The molecule has 0 aliphatic carbocycles. The van der Waals surface area contributed by atoms with Crippen molar-refractivity contribution < 1.29 is 8.83 Å². The van der Waals surface area contributed by atoms with Crippen molar-refractivity contribution in [2.45, 2.75) is 6.54 Å². The monoisotopic (exact) mass is 277 g/mol. The predicted octanol–water partition coefficient (Wildman–Crippen LogP) is 4.57. The van der Waals surface area contributed by atoms with E-state index in [1.165, 1.54) is 0 Å². The standard InChI is InChI=1S/C18H15NO2/c1-19-11-13-7-9-16(20-13)12-6-8-18-15(10-12)14-4-2-3-5-17(14)21-18/h2-10,19H,11H2,1H3. The van der Waals surface area contributed by atoms with Gasteiger partial charge in [0.1, 0.15) is 22.7 Å². The summed E-state index contributed by atoms with van der Waals surface area (Å²) in [4.78, 5) is 0. The van der Waals surface area contributed by atoms with E-state index in [9.17, 15) is 0 Å². The summed E-state index contributed by atoms with van der Waals surface area (Å²) in [5.74, 6) is 1.82. The number of furan rings is 2. The minimum atomic E-state index is 0.733. The number of hydrogen-bond donors (Lipinski definition) is 1. The number of para-hydroxylation sites is 1. The number of hydrogen-bond acceptors (Lipinski definition) is 3. The molecule has 1 N–H and O–H groups in total. The van der Waals surface area contributed by atoms with Gasteiger partial charge in [-0.25, -0.2) is 0 Å². The fourth-order valence-electron chi connectivity index (χ4n) is 2.68. The van der Waals surface area contributed by atoms with Gasteiger partial charge >= 0.3 is 0 Å². The van der Waals surface area contributed by atoms with Crippen molar-refractivity contribution in [2.24, 2.45) is 0 Å². The van der Waals surface area contributed by atoms with E-state index >= 15 is 0 Å². The maximum absolute atomic E-state index is 5.85. The molecule has 0 aliphatic heterocycles. The summed E-state index contributed by atoms with van der Waals surface area (Å²) in [7, 11) is 1.91. The van der Waals surface area contributed by atoms with Gasteiger partial charge in [-0.2, -0.15) is 0 Å².